The lowest BCUT2D eigenvalue weighted by atomic mass is 9.97. The topological polar surface area (TPSA) is 50.4 Å². The van der Waals surface area contributed by atoms with Gasteiger partial charge >= 0.3 is 6.09 Å². The van der Waals surface area contributed by atoms with Crippen molar-refractivity contribution in [3.63, 3.8) is 0 Å². The Kier molecular flexibility index (Phi) is 8.10. The van der Waals surface area contributed by atoms with E-state index in [0.29, 0.717) is 18.5 Å². The summed E-state index contributed by atoms with van der Waals surface area (Å²) >= 11 is 0. The summed E-state index contributed by atoms with van der Waals surface area (Å²) in [7, 11) is 0. The molecular weight excluding hydrogens is 288 g/mol. The number of ether oxygens (including phenoxy) is 1. The summed E-state index contributed by atoms with van der Waals surface area (Å²) in [4.78, 5) is 11.6. The summed E-state index contributed by atoms with van der Waals surface area (Å²) in [5.41, 5.74) is 0.874. The van der Waals surface area contributed by atoms with Crippen molar-refractivity contribution in [2.75, 3.05) is 13.1 Å². The lowest BCUT2D eigenvalue weighted by Crippen LogP contribution is -2.34. The molecule has 0 bridgehead atoms. The largest absolute Gasteiger partial charge is 0.444 e. The molecule has 0 radical (unpaired) electrons. The van der Waals surface area contributed by atoms with E-state index in [1.165, 1.54) is 5.56 Å². The molecule has 0 aliphatic rings. The van der Waals surface area contributed by atoms with Crippen LogP contribution in [0.3, 0.4) is 0 Å². The third-order valence-corrected chi connectivity index (χ3v) is 3.32. The molecule has 1 amide bonds. The summed E-state index contributed by atoms with van der Waals surface area (Å²) in [5, 5.41) is 6.39. The quantitative estimate of drug-likeness (QED) is 0.703. The molecule has 1 atom stereocenters. The first kappa shape index (κ1) is 19.5. The van der Waals surface area contributed by atoms with Gasteiger partial charge in [0, 0.05) is 12.6 Å². The van der Waals surface area contributed by atoms with E-state index in [4.69, 9.17) is 4.74 Å². The van der Waals surface area contributed by atoms with Gasteiger partial charge in [-0.15, -0.1) is 0 Å². The Morgan fingerprint density at radius 1 is 1.13 bits per heavy atom. The Morgan fingerprint density at radius 3 is 2.35 bits per heavy atom. The van der Waals surface area contributed by atoms with Gasteiger partial charge in [-0.05, 0) is 51.6 Å². The lowest BCUT2D eigenvalue weighted by molar-refractivity contribution is 0.0527. The average molecular weight is 320 g/mol. The maximum atomic E-state index is 11.6. The Balaban J connectivity index is 2.32. The first-order valence-corrected chi connectivity index (χ1v) is 8.53. The molecule has 23 heavy (non-hydrogen) atoms. The second-order valence-corrected chi connectivity index (χ2v) is 7.33. The molecule has 1 aromatic rings. The van der Waals surface area contributed by atoms with Crippen LogP contribution in [0.1, 0.15) is 59.1 Å². The third-order valence-electron chi connectivity index (χ3n) is 3.32. The lowest BCUT2D eigenvalue weighted by Gasteiger charge is -2.22. The van der Waals surface area contributed by atoms with E-state index in [0.717, 1.165) is 19.4 Å². The highest BCUT2D eigenvalue weighted by atomic mass is 16.6. The zero-order valence-corrected chi connectivity index (χ0v) is 15.2. The fraction of sp³-hybridized carbons (Fsp3) is 0.632. The van der Waals surface area contributed by atoms with E-state index < -0.39 is 5.60 Å². The normalized spacial score (nSPS) is 13.0. The molecule has 0 aliphatic heterocycles. The van der Waals surface area contributed by atoms with Crippen LogP contribution in [0.25, 0.3) is 0 Å². The van der Waals surface area contributed by atoms with Crippen molar-refractivity contribution in [1.29, 1.82) is 0 Å². The van der Waals surface area contributed by atoms with Crippen molar-refractivity contribution < 1.29 is 9.53 Å². The van der Waals surface area contributed by atoms with E-state index in [1.54, 1.807) is 0 Å². The van der Waals surface area contributed by atoms with Crippen LogP contribution in [-0.2, 0) is 4.74 Å². The summed E-state index contributed by atoms with van der Waals surface area (Å²) in [5.74, 6) is 0.632. The van der Waals surface area contributed by atoms with Crippen molar-refractivity contribution in [2.45, 2.75) is 59.1 Å². The second kappa shape index (κ2) is 9.56. The molecular formula is C19H32N2O2. The van der Waals surface area contributed by atoms with Gasteiger partial charge in [0.15, 0.2) is 0 Å². The number of nitrogens with one attached hydrogen (secondary N) is 2. The van der Waals surface area contributed by atoms with Gasteiger partial charge in [-0.25, -0.2) is 4.79 Å². The number of carbonyl (C=O) groups excluding carboxylic acids is 1. The zero-order valence-electron chi connectivity index (χ0n) is 15.2. The fourth-order valence-electron chi connectivity index (χ4n) is 2.36. The van der Waals surface area contributed by atoms with Crippen LogP contribution in [0.2, 0.25) is 0 Å². The number of hydrogen-bond donors (Lipinski definition) is 2. The van der Waals surface area contributed by atoms with E-state index in [1.807, 2.05) is 26.8 Å². The van der Waals surface area contributed by atoms with Crippen LogP contribution in [0, 0.1) is 5.92 Å². The number of rotatable bonds is 8. The molecule has 1 aromatic carbocycles. The van der Waals surface area contributed by atoms with Crippen molar-refractivity contribution in [2.24, 2.45) is 5.92 Å². The summed E-state index contributed by atoms with van der Waals surface area (Å²) in [6.07, 6.45) is 1.63. The third kappa shape index (κ3) is 9.24. The van der Waals surface area contributed by atoms with E-state index in [2.05, 4.69) is 48.7 Å². The monoisotopic (exact) mass is 320 g/mol. The molecule has 0 saturated heterocycles. The second-order valence-electron chi connectivity index (χ2n) is 7.33. The smallest absolute Gasteiger partial charge is 0.407 e. The van der Waals surface area contributed by atoms with Crippen molar-refractivity contribution in [3.8, 4) is 0 Å². The minimum Gasteiger partial charge on any atom is -0.444 e. The first-order valence-electron chi connectivity index (χ1n) is 8.53. The van der Waals surface area contributed by atoms with Gasteiger partial charge in [-0.1, -0.05) is 44.2 Å². The molecule has 0 fully saturated rings. The molecule has 0 spiro atoms. The summed E-state index contributed by atoms with van der Waals surface area (Å²) in [6.45, 7) is 11.6. The predicted molar refractivity (Wildman–Crippen MR) is 95.5 cm³/mol. The minimum absolute atomic E-state index is 0.348. The molecule has 0 saturated carbocycles. The molecule has 130 valence electrons. The molecule has 0 aromatic heterocycles. The van der Waals surface area contributed by atoms with Gasteiger partial charge in [-0.3, -0.25) is 0 Å². The van der Waals surface area contributed by atoms with E-state index in [9.17, 15) is 4.79 Å². The van der Waals surface area contributed by atoms with Crippen LogP contribution in [0.5, 0.6) is 0 Å². The van der Waals surface area contributed by atoms with Gasteiger partial charge in [0.25, 0.3) is 0 Å². The summed E-state index contributed by atoms with van der Waals surface area (Å²) in [6, 6.07) is 10.9. The fourth-order valence-corrected chi connectivity index (χ4v) is 2.36. The molecule has 2 N–H and O–H groups in total. The van der Waals surface area contributed by atoms with Crippen LogP contribution >= 0.6 is 0 Å². The number of carbonyl (C=O) groups is 1. The predicted octanol–water partition coefficient (Wildman–Crippen LogP) is 4.28. The van der Waals surface area contributed by atoms with Gasteiger partial charge in [0.05, 0.1) is 0 Å². The first-order chi connectivity index (χ1) is 10.8. The minimum atomic E-state index is -0.446. The van der Waals surface area contributed by atoms with E-state index >= 15 is 0 Å². The maximum absolute atomic E-state index is 11.6. The zero-order chi connectivity index (χ0) is 17.3. The SMILES string of the molecule is CC(C)CC(NCCCNC(=O)OC(C)(C)C)c1ccccc1. The van der Waals surface area contributed by atoms with Crippen molar-refractivity contribution >= 4 is 6.09 Å². The number of amides is 1. The highest BCUT2D eigenvalue weighted by Crippen LogP contribution is 2.20. The van der Waals surface area contributed by atoms with Crippen LogP contribution < -0.4 is 10.6 Å². The van der Waals surface area contributed by atoms with Crippen LogP contribution in [0.4, 0.5) is 4.79 Å². The molecule has 0 heterocycles. The van der Waals surface area contributed by atoms with Crippen LogP contribution in [-0.4, -0.2) is 24.8 Å². The molecule has 4 heteroatoms. The van der Waals surface area contributed by atoms with E-state index in [-0.39, 0.29) is 6.09 Å². The Hall–Kier alpha value is -1.55. The molecule has 0 aliphatic carbocycles. The Bertz CT molecular complexity index is 452. The average Bonchev–Trinajstić information content (AvgIpc) is 2.44. The Labute approximate surface area is 141 Å². The van der Waals surface area contributed by atoms with Crippen LogP contribution in [0.15, 0.2) is 30.3 Å². The van der Waals surface area contributed by atoms with Gasteiger partial charge in [-0.2, -0.15) is 0 Å². The Morgan fingerprint density at radius 2 is 1.78 bits per heavy atom. The highest BCUT2D eigenvalue weighted by Gasteiger charge is 2.15. The van der Waals surface area contributed by atoms with Crippen molar-refractivity contribution in [3.05, 3.63) is 35.9 Å². The van der Waals surface area contributed by atoms with Gasteiger partial charge in [0.1, 0.15) is 5.60 Å². The van der Waals surface area contributed by atoms with Gasteiger partial charge < -0.3 is 15.4 Å². The number of alkyl carbamates (subject to hydrolysis) is 1. The highest BCUT2D eigenvalue weighted by molar-refractivity contribution is 5.67. The molecule has 1 rings (SSSR count). The van der Waals surface area contributed by atoms with Gasteiger partial charge in [0.2, 0.25) is 0 Å². The maximum Gasteiger partial charge on any atom is 0.407 e. The van der Waals surface area contributed by atoms with Crippen molar-refractivity contribution in [1.82, 2.24) is 10.6 Å². The molecule has 1 unspecified atom stereocenters. The summed E-state index contributed by atoms with van der Waals surface area (Å²) < 4.78 is 5.22. The molecule has 4 nitrogen and oxygen atoms in total. The standard InChI is InChI=1S/C19H32N2O2/c1-15(2)14-17(16-10-7-6-8-11-16)20-12-9-13-21-18(22)23-19(3,4)5/h6-8,10-11,15,17,20H,9,12-14H2,1-5H3,(H,21,22). The number of benzene rings is 1. The number of hydrogen-bond acceptors (Lipinski definition) is 3.